The Morgan fingerprint density at radius 2 is 2.21 bits per heavy atom. The summed E-state index contributed by atoms with van der Waals surface area (Å²) in [5.74, 6) is -0.225. The summed E-state index contributed by atoms with van der Waals surface area (Å²) in [6.45, 7) is 8.55. The zero-order valence-electron chi connectivity index (χ0n) is 12.5. The molecule has 2 saturated heterocycles. The monoisotopic (exact) mass is 270 g/mol. The molecule has 0 aromatic heterocycles. The van der Waals surface area contributed by atoms with Crippen molar-refractivity contribution in [2.45, 2.75) is 83.2 Å². The van der Waals surface area contributed by atoms with Crippen molar-refractivity contribution in [2.75, 3.05) is 6.61 Å². The van der Waals surface area contributed by atoms with Crippen LogP contribution in [-0.4, -0.2) is 36.0 Å². The van der Waals surface area contributed by atoms with Gasteiger partial charge in [-0.15, -0.1) is 0 Å². The van der Waals surface area contributed by atoms with E-state index in [1.54, 1.807) is 0 Å². The number of esters is 1. The molecular formula is C15H26O4. The van der Waals surface area contributed by atoms with Crippen LogP contribution in [-0.2, 0) is 19.0 Å². The topological polar surface area (TPSA) is 48.1 Å². The molecule has 110 valence electrons. The van der Waals surface area contributed by atoms with Crippen molar-refractivity contribution in [3.63, 3.8) is 0 Å². The van der Waals surface area contributed by atoms with E-state index in [0.717, 1.165) is 38.7 Å². The van der Waals surface area contributed by atoms with E-state index in [-0.39, 0.29) is 23.3 Å². The Morgan fingerprint density at radius 1 is 1.53 bits per heavy atom. The molecule has 0 N–H and O–H groups in total. The maximum absolute atomic E-state index is 11.3. The van der Waals surface area contributed by atoms with Gasteiger partial charge in [0.1, 0.15) is 11.7 Å². The molecule has 0 radical (unpaired) electrons. The highest BCUT2D eigenvalue weighted by Crippen LogP contribution is 2.45. The second-order valence-electron chi connectivity index (χ2n) is 6.08. The number of rotatable bonds is 6. The van der Waals surface area contributed by atoms with Crippen LogP contribution >= 0.6 is 0 Å². The van der Waals surface area contributed by atoms with Crippen LogP contribution in [0.2, 0.25) is 0 Å². The maximum Gasteiger partial charge on any atom is 0.303 e. The van der Waals surface area contributed by atoms with E-state index in [9.17, 15) is 4.79 Å². The van der Waals surface area contributed by atoms with Gasteiger partial charge in [0.2, 0.25) is 0 Å². The predicted molar refractivity (Wildman–Crippen MR) is 71.9 cm³/mol. The van der Waals surface area contributed by atoms with Crippen molar-refractivity contribution >= 4 is 5.97 Å². The second-order valence-corrected chi connectivity index (χ2v) is 6.08. The van der Waals surface area contributed by atoms with Gasteiger partial charge < -0.3 is 14.2 Å². The number of epoxide rings is 1. The van der Waals surface area contributed by atoms with Crippen LogP contribution in [0.25, 0.3) is 0 Å². The molecule has 0 aromatic rings. The first-order valence-electron chi connectivity index (χ1n) is 7.41. The van der Waals surface area contributed by atoms with E-state index >= 15 is 0 Å². The van der Waals surface area contributed by atoms with Crippen molar-refractivity contribution < 1.29 is 19.0 Å². The number of carbonyl (C=O) groups excluding carboxylic acids is 1. The molecule has 2 rings (SSSR count). The Labute approximate surface area is 115 Å². The first-order valence-corrected chi connectivity index (χ1v) is 7.41. The van der Waals surface area contributed by atoms with E-state index in [2.05, 4.69) is 20.8 Å². The molecule has 0 aromatic carbocycles. The van der Waals surface area contributed by atoms with Crippen molar-refractivity contribution in [2.24, 2.45) is 0 Å². The van der Waals surface area contributed by atoms with Crippen LogP contribution in [0.3, 0.4) is 0 Å². The lowest BCUT2D eigenvalue weighted by molar-refractivity contribution is -0.164. The van der Waals surface area contributed by atoms with E-state index in [1.165, 1.54) is 6.92 Å². The van der Waals surface area contributed by atoms with Crippen LogP contribution in [0.4, 0.5) is 0 Å². The van der Waals surface area contributed by atoms with Crippen LogP contribution in [0.15, 0.2) is 0 Å². The average molecular weight is 270 g/mol. The first-order chi connectivity index (χ1) is 8.92. The van der Waals surface area contributed by atoms with Gasteiger partial charge in [-0.25, -0.2) is 0 Å². The average Bonchev–Trinajstić information content (AvgIpc) is 2.78. The minimum atomic E-state index is -0.321. The van der Waals surface area contributed by atoms with Crippen LogP contribution < -0.4 is 0 Å². The Bertz CT molecular complexity index is 331. The summed E-state index contributed by atoms with van der Waals surface area (Å²) in [6.07, 6.45) is 4.93. The third-order valence-corrected chi connectivity index (χ3v) is 4.76. The molecular weight excluding hydrogens is 244 g/mol. The molecule has 2 aliphatic heterocycles. The van der Waals surface area contributed by atoms with Gasteiger partial charge in [-0.2, -0.15) is 0 Å². The largest absolute Gasteiger partial charge is 0.459 e. The lowest BCUT2D eigenvalue weighted by Crippen LogP contribution is -2.42. The normalized spacial score (nSPS) is 39.1. The lowest BCUT2D eigenvalue weighted by atomic mass is 9.87. The quantitative estimate of drug-likeness (QED) is 0.550. The van der Waals surface area contributed by atoms with Gasteiger partial charge in [-0.1, -0.05) is 6.92 Å². The molecule has 0 saturated carbocycles. The van der Waals surface area contributed by atoms with Crippen molar-refractivity contribution in [1.29, 1.82) is 0 Å². The first kappa shape index (κ1) is 14.8. The van der Waals surface area contributed by atoms with Gasteiger partial charge >= 0.3 is 5.97 Å². The van der Waals surface area contributed by atoms with Gasteiger partial charge in [-0.3, -0.25) is 4.79 Å². The highest BCUT2D eigenvalue weighted by molar-refractivity contribution is 5.66. The zero-order valence-corrected chi connectivity index (χ0v) is 12.5. The van der Waals surface area contributed by atoms with E-state index in [4.69, 9.17) is 14.2 Å². The third-order valence-electron chi connectivity index (χ3n) is 4.76. The number of hydrogen-bond donors (Lipinski definition) is 0. The summed E-state index contributed by atoms with van der Waals surface area (Å²) < 4.78 is 17.1. The fraction of sp³-hybridized carbons (Fsp3) is 0.933. The number of hydrogen-bond acceptors (Lipinski definition) is 4. The van der Waals surface area contributed by atoms with Gasteiger partial charge in [0.05, 0.1) is 11.7 Å². The van der Waals surface area contributed by atoms with Gasteiger partial charge in [0, 0.05) is 13.5 Å². The number of carbonyl (C=O) groups is 1. The smallest absolute Gasteiger partial charge is 0.303 e. The van der Waals surface area contributed by atoms with Crippen molar-refractivity contribution in [1.82, 2.24) is 0 Å². The van der Waals surface area contributed by atoms with Gasteiger partial charge in [-0.05, 0) is 46.0 Å². The van der Waals surface area contributed by atoms with Crippen LogP contribution in [0.1, 0.15) is 59.8 Å². The molecule has 19 heavy (non-hydrogen) atoms. The molecule has 0 amide bonds. The number of ether oxygens (including phenoxy) is 3. The Balaban J connectivity index is 1.96. The Hall–Kier alpha value is -0.610. The highest BCUT2D eigenvalue weighted by atomic mass is 16.6. The molecule has 0 bridgehead atoms. The summed E-state index contributed by atoms with van der Waals surface area (Å²) in [5.41, 5.74) is -0.313. The third kappa shape index (κ3) is 3.11. The Morgan fingerprint density at radius 3 is 2.63 bits per heavy atom. The summed E-state index contributed by atoms with van der Waals surface area (Å²) in [4.78, 5) is 11.3. The maximum atomic E-state index is 11.3. The lowest BCUT2D eigenvalue weighted by Gasteiger charge is -2.33. The summed E-state index contributed by atoms with van der Waals surface area (Å²) in [7, 11) is 0. The minimum Gasteiger partial charge on any atom is -0.459 e. The van der Waals surface area contributed by atoms with Crippen molar-refractivity contribution in [3.8, 4) is 0 Å². The van der Waals surface area contributed by atoms with Crippen molar-refractivity contribution in [3.05, 3.63) is 0 Å². The standard InChI is InChI=1S/C15H26O4/c1-5-15(11(2)19-15)9-7-13(18-12(3)16)14(4)8-6-10-17-14/h11,13H,5-10H2,1-4H3/t11-,13+,14-,15-/m0/s1. The SMILES string of the molecule is CC[C@@]1(CC[C@@H](OC(C)=O)[C@]2(C)CCCO2)O[C@H]1C. The van der Waals surface area contributed by atoms with Gasteiger partial charge in [0.15, 0.2) is 0 Å². The molecule has 2 aliphatic rings. The summed E-state index contributed by atoms with van der Waals surface area (Å²) in [6, 6.07) is 0. The fourth-order valence-electron chi connectivity index (χ4n) is 3.25. The predicted octanol–water partition coefficient (Wildman–Crippen LogP) is 2.83. The second kappa shape index (κ2) is 5.41. The molecule has 4 nitrogen and oxygen atoms in total. The fourth-order valence-corrected chi connectivity index (χ4v) is 3.25. The van der Waals surface area contributed by atoms with E-state index in [1.807, 2.05) is 0 Å². The highest BCUT2D eigenvalue weighted by Gasteiger charge is 2.52. The molecule has 0 unspecified atom stereocenters. The van der Waals surface area contributed by atoms with E-state index in [0.29, 0.717) is 6.10 Å². The Kier molecular flexibility index (Phi) is 4.21. The van der Waals surface area contributed by atoms with E-state index < -0.39 is 0 Å². The molecule has 0 spiro atoms. The molecule has 2 heterocycles. The summed E-state index contributed by atoms with van der Waals surface area (Å²) >= 11 is 0. The molecule has 0 aliphatic carbocycles. The molecule has 2 fully saturated rings. The van der Waals surface area contributed by atoms with Gasteiger partial charge in [0.25, 0.3) is 0 Å². The molecule has 4 heteroatoms. The minimum absolute atomic E-state index is 0.00730. The zero-order chi connectivity index (χ0) is 14.1. The molecule has 4 atom stereocenters. The van der Waals surface area contributed by atoms with Crippen LogP contribution in [0.5, 0.6) is 0 Å². The van der Waals surface area contributed by atoms with Crippen LogP contribution in [0, 0.1) is 0 Å². The summed E-state index contributed by atoms with van der Waals surface area (Å²) in [5, 5.41) is 0.